The van der Waals surface area contributed by atoms with Crippen molar-refractivity contribution in [1.82, 2.24) is 9.88 Å². The fourth-order valence-electron chi connectivity index (χ4n) is 4.23. The van der Waals surface area contributed by atoms with Crippen LogP contribution in [-0.4, -0.2) is 46.5 Å². The maximum Gasteiger partial charge on any atom is 0.195 e. The lowest BCUT2D eigenvalue weighted by atomic mass is 10.0. The lowest BCUT2D eigenvalue weighted by molar-refractivity contribution is 0.0932. The lowest BCUT2D eigenvalue weighted by Crippen LogP contribution is -2.30. The molecule has 2 unspecified atom stereocenters. The van der Waals surface area contributed by atoms with E-state index in [9.17, 15) is 9.90 Å². The summed E-state index contributed by atoms with van der Waals surface area (Å²) in [7, 11) is 0. The number of hydrogen-bond donors (Lipinski definition) is 1. The third kappa shape index (κ3) is 3.93. The summed E-state index contributed by atoms with van der Waals surface area (Å²) < 4.78 is 6.08. The molecule has 27 heavy (non-hydrogen) atoms. The molecule has 0 amide bonds. The fourth-order valence-corrected chi connectivity index (χ4v) is 4.23. The van der Waals surface area contributed by atoms with E-state index in [0.717, 1.165) is 31.7 Å². The highest BCUT2D eigenvalue weighted by Crippen LogP contribution is 2.39. The third-order valence-corrected chi connectivity index (χ3v) is 5.45. The number of fused-ring (bicyclic) bond motifs is 1. The number of pyridine rings is 1. The van der Waals surface area contributed by atoms with Gasteiger partial charge in [0.2, 0.25) is 0 Å². The number of aromatic nitrogens is 1. The molecule has 2 atom stereocenters. The van der Waals surface area contributed by atoms with Crippen LogP contribution in [0.4, 0.5) is 0 Å². The molecular formula is C21H21N3O3. The minimum absolute atomic E-state index is 0.0175. The second kappa shape index (κ2) is 7.37. The van der Waals surface area contributed by atoms with Crippen molar-refractivity contribution in [2.24, 2.45) is 11.8 Å². The number of Topliss-reactive ketones (excluding diaryl/α,β-unsaturated/α-hetero) is 1. The first-order valence-electron chi connectivity index (χ1n) is 9.18. The fraction of sp³-hybridized carbons (Fsp3) is 0.381. The second-order valence-electron chi connectivity index (χ2n) is 7.39. The zero-order chi connectivity index (χ0) is 18.8. The maximum absolute atomic E-state index is 12.4. The van der Waals surface area contributed by atoms with Gasteiger partial charge in [-0.05, 0) is 55.0 Å². The first kappa shape index (κ1) is 17.5. The third-order valence-electron chi connectivity index (χ3n) is 5.45. The van der Waals surface area contributed by atoms with Crippen molar-refractivity contribution in [3.05, 3.63) is 53.9 Å². The highest BCUT2D eigenvalue weighted by atomic mass is 16.5. The number of carbonyl (C=O) groups excluding carboxylic acids is 1. The van der Waals surface area contributed by atoms with Crippen LogP contribution in [0.3, 0.4) is 0 Å². The van der Waals surface area contributed by atoms with Gasteiger partial charge in [0.05, 0.1) is 30.5 Å². The van der Waals surface area contributed by atoms with Gasteiger partial charge in [-0.3, -0.25) is 9.69 Å². The molecule has 2 aliphatic rings. The number of likely N-dealkylation sites (tertiary alicyclic amines) is 1. The van der Waals surface area contributed by atoms with Crippen molar-refractivity contribution >= 4 is 5.78 Å². The van der Waals surface area contributed by atoms with Crippen molar-refractivity contribution in [3.8, 4) is 17.6 Å². The molecule has 0 bridgehead atoms. The summed E-state index contributed by atoms with van der Waals surface area (Å²) in [6, 6.07) is 12.5. The smallest absolute Gasteiger partial charge is 0.195 e. The molecule has 2 heterocycles. The van der Waals surface area contributed by atoms with Gasteiger partial charge in [-0.15, -0.1) is 0 Å². The zero-order valence-corrected chi connectivity index (χ0v) is 14.9. The van der Waals surface area contributed by atoms with Crippen LogP contribution < -0.4 is 4.74 Å². The van der Waals surface area contributed by atoms with Gasteiger partial charge in [-0.2, -0.15) is 5.26 Å². The number of ether oxygens (including phenoxy) is 1. The minimum atomic E-state index is -0.0175. The number of rotatable bonds is 5. The van der Waals surface area contributed by atoms with E-state index in [2.05, 4.69) is 16.0 Å². The van der Waals surface area contributed by atoms with Gasteiger partial charge in [-0.1, -0.05) is 6.07 Å². The molecule has 1 aliphatic heterocycles. The van der Waals surface area contributed by atoms with Crippen LogP contribution >= 0.6 is 0 Å². The molecule has 0 spiro atoms. The van der Waals surface area contributed by atoms with Crippen molar-refractivity contribution in [1.29, 1.82) is 5.26 Å². The maximum atomic E-state index is 12.4. The normalized spacial score (nSPS) is 24.3. The number of aromatic hydroxyl groups is 1. The zero-order valence-electron chi connectivity index (χ0n) is 14.9. The Morgan fingerprint density at radius 2 is 2.04 bits per heavy atom. The minimum Gasteiger partial charge on any atom is -0.506 e. The Morgan fingerprint density at radius 1 is 1.26 bits per heavy atom. The second-order valence-corrected chi connectivity index (χ2v) is 7.39. The first-order valence-corrected chi connectivity index (χ1v) is 9.18. The van der Waals surface area contributed by atoms with Gasteiger partial charge < -0.3 is 9.84 Å². The molecular weight excluding hydrogens is 342 g/mol. The molecule has 1 saturated heterocycles. The molecule has 6 heteroatoms. The summed E-state index contributed by atoms with van der Waals surface area (Å²) in [5.74, 6) is 1.87. The number of nitrogens with zero attached hydrogens (tertiary/aromatic N) is 3. The molecule has 2 fully saturated rings. The Balaban J connectivity index is 1.30. The number of ketones is 1. The SMILES string of the molecule is N#Cc1cccc(OC2CC3CN(CC(=O)c4ccc(O)cn4)CC3C2)c1. The molecule has 0 radical (unpaired) electrons. The predicted octanol–water partition coefficient (Wildman–Crippen LogP) is 2.63. The Hall–Kier alpha value is -2.91. The predicted molar refractivity (Wildman–Crippen MR) is 98.5 cm³/mol. The molecule has 4 rings (SSSR count). The lowest BCUT2D eigenvalue weighted by Gasteiger charge is -2.19. The molecule has 138 valence electrons. The molecule has 1 aliphatic carbocycles. The summed E-state index contributed by atoms with van der Waals surface area (Å²) in [6.45, 7) is 2.15. The first-order chi connectivity index (χ1) is 13.1. The summed E-state index contributed by atoms with van der Waals surface area (Å²) in [5, 5.41) is 18.3. The Bertz CT molecular complexity index is 861. The van der Waals surface area contributed by atoms with E-state index >= 15 is 0 Å². The monoisotopic (exact) mass is 363 g/mol. The van der Waals surface area contributed by atoms with Crippen LogP contribution in [0.2, 0.25) is 0 Å². The van der Waals surface area contributed by atoms with Gasteiger partial charge in [-0.25, -0.2) is 4.98 Å². The number of hydrogen-bond acceptors (Lipinski definition) is 6. The molecule has 6 nitrogen and oxygen atoms in total. The molecule has 1 saturated carbocycles. The van der Waals surface area contributed by atoms with E-state index in [1.165, 1.54) is 12.3 Å². The van der Waals surface area contributed by atoms with Crippen molar-refractivity contribution in [2.75, 3.05) is 19.6 Å². The molecule has 1 N–H and O–H groups in total. The van der Waals surface area contributed by atoms with Crippen LogP contribution in [0.15, 0.2) is 42.6 Å². The Labute approximate surface area is 158 Å². The quantitative estimate of drug-likeness (QED) is 0.822. The highest BCUT2D eigenvalue weighted by molar-refractivity contribution is 5.95. The van der Waals surface area contributed by atoms with Crippen LogP contribution in [0.1, 0.15) is 28.9 Å². The van der Waals surface area contributed by atoms with Crippen molar-refractivity contribution in [2.45, 2.75) is 18.9 Å². The summed E-state index contributed by atoms with van der Waals surface area (Å²) in [6.07, 6.45) is 3.42. The number of nitriles is 1. The van der Waals surface area contributed by atoms with Crippen LogP contribution in [0, 0.1) is 23.2 Å². The van der Waals surface area contributed by atoms with Crippen LogP contribution in [-0.2, 0) is 0 Å². The van der Waals surface area contributed by atoms with Crippen LogP contribution in [0.5, 0.6) is 11.5 Å². The number of carbonyl (C=O) groups is 1. The van der Waals surface area contributed by atoms with Crippen molar-refractivity contribution in [3.63, 3.8) is 0 Å². The van der Waals surface area contributed by atoms with E-state index < -0.39 is 0 Å². The van der Waals surface area contributed by atoms with E-state index in [1.54, 1.807) is 18.2 Å². The Kier molecular flexibility index (Phi) is 4.78. The standard InChI is InChI=1S/C21H21N3O3/c22-9-14-2-1-3-18(6-14)27-19-7-15-11-24(12-16(15)8-19)13-21(26)20-5-4-17(25)10-23-20/h1-6,10,15-16,19,25H,7-8,11-13H2. The van der Waals surface area contributed by atoms with Gasteiger partial charge in [0.1, 0.15) is 17.2 Å². The summed E-state index contributed by atoms with van der Waals surface area (Å²) in [5.41, 5.74) is 1.00. The summed E-state index contributed by atoms with van der Waals surface area (Å²) >= 11 is 0. The van der Waals surface area contributed by atoms with Gasteiger partial charge in [0.15, 0.2) is 5.78 Å². The largest absolute Gasteiger partial charge is 0.506 e. The van der Waals surface area contributed by atoms with Gasteiger partial charge >= 0.3 is 0 Å². The number of benzene rings is 1. The molecule has 2 aromatic rings. The summed E-state index contributed by atoms with van der Waals surface area (Å²) in [4.78, 5) is 18.6. The highest BCUT2D eigenvalue weighted by Gasteiger charge is 2.42. The molecule has 1 aromatic carbocycles. The van der Waals surface area contributed by atoms with E-state index in [0.29, 0.717) is 29.6 Å². The van der Waals surface area contributed by atoms with Crippen molar-refractivity contribution < 1.29 is 14.6 Å². The van der Waals surface area contributed by atoms with E-state index in [1.807, 2.05) is 12.1 Å². The van der Waals surface area contributed by atoms with E-state index in [-0.39, 0.29) is 17.6 Å². The topological polar surface area (TPSA) is 86.5 Å². The average Bonchev–Trinajstić information content (AvgIpc) is 3.20. The Morgan fingerprint density at radius 3 is 2.70 bits per heavy atom. The van der Waals surface area contributed by atoms with E-state index in [4.69, 9.17) is 10.00 Å². The van der Waals surface area contributed by atoms with Gasteiger partial charge in [0.25, 0.3) is 0 Å². The van der Waals surface area contributed by atoms with Gasteiger partial charge in [0, 0.05) is 13.1 Å². The molecule has 1 aromatic heterocycles. The average molecular weight is 363 g/mol. The van der Waals surface area contributed by atoms with Crippen LogP contribution in [0.25, 0.3) is 0 Å².